The molecule has 1 aliphatic rings. The van der Waals surface area contributed by atoms with Gasteiger partial charge in [-0.25, -0.2) is 9.78 Å². The number of nitrogens with one attached hydrogen (secondary N) is 2. The minimum Gasteiger partial charge on any atom is -0.337 e. The molecule has 110 valence electrons. The van der Waals surface area contributed by atoms with Crippen molar-refractivity contribution in [3.8, 4) is 0 Å². The first kappa shape index (κ1) is 13.8. The van der Waals surface area contributed by atoms with Crippen LogP contribution in [0.25, 0.3) is 0 Å². The third-order valence-corrected chi connectivity index (χ3v) is 3.53. The molecule has 2 heterocycles. The van der Waals surface area contributed by atoms with Gasteiger partial charge in [0.15, 0.2) is 5.15 Å². The molecular weight excluding hydrogens is 292 g/mol. The monoisotopic (exact) mass is 306 g/mol. The number of halogens is 1. The fourth-order valence-electron chi connectivity index (χ4n) is 2.04. The Morgan fingerprint density at radius 2 is 2.33 bits per heavy atom. The van der Waals surface area contributed by atoms with E-state index in [2.05, 4.69) is 30.4 Å². The van der Waals surface area contributed by atoms with Gasteiger partial charge in [-0.15, -0.1) is 10.2 Å². The van der Waals surface area contributed by atoms with E-state index in [-0.39, 0.29) is 11.2 Å². The minimum atomic E-state index is -0.317. The lowest BCUT2D eigenvalue weighted by Crippen LogP contribution is -2.31. The average molecular weight is 307 g/mol. The highest BCUT2D eigenvalue weighted by atomic mass is 35.5. The second-order valence-corrected chi connectivity index (χ2v) is 5.22. The first-order valence-electron chi connectivity index (χ1n) is 6.78. The number of aromatic nitrogens is 4. The van der Waals surface area contributed by atoms with E-state index in [0.29, 0.717) is 24.7 Å². The Labute approximate surface area is 126 Å². The highest BCUT2D eigenvalue weighted by Crippen LogP contribution is 2.35. The van der Waals surface area contributed by atoms with Crippen LogP contribution in [0.5, 0.6) is 0 Å². The van der Waals surface area contributed by atoms with Crippen molar-refractivity contribution in [3.05, 3.63) is 35.6 Å². The number of amides is 2. The Balaban J connectivity index is 1.48. The second-order valence-electron chi connectivity index (χ2n) is 4.86. The maximum absolute atomic E-state index is 11.8. The smallest absolute Gasteiger partial charge is 0.319 e. The van der Waals surface area contributed by atoms with Crippen LogP contribution >= 0.6 is 11.6 Å². The Bertz CT molecular complexity index is 639. The molecule has 0 aliphatic heterocycles. The minimum absolute atomic E-state index is 0.265. The zero-order valence-corrected chi connectivity index (χ0v) is 12.0. The van der Waals surface area contributed by atoms with E-state index in [1.807, 2.05) is 0 Å². The van der Waals surface area contributed by atoms with E-state index in [0.717, 1.165) is 5.82 Å². The zero-order valence-electron chi connectivity index (χ0n) is 11.3. The van der Waals surface area contributed by atoms with Crippen LogP contribution in [0.2, 0.25) is 5.15 Å². The lowest BCUT2D eigenvalue weighted by molar-refractivity contribution is 0.252. The van der Waals surface area contributed by atoms with Crippen molar-refractivity contribution in [3.63, 3.8) is 0 Å². The summed E-state index contributed by atoms with van der Waals surface area (Å²) in [5.41, 5.74) is 0.484. The van der Waals surface area contributed by atoms with Gasteiger partial charge in [0, 0.05) is 25.2 Å². The van der Waals surface area contributed by atoms with E-state index in [4.69, 9.17) is 11.6 Å². The molecule has 3 rings (SSSR count). The molecule has 0 unspecified atom stereocenters. The largest absolute Gasteiger partial charge is 0.337 e. The number of anilines is 1. The Hall–Kier alpha value is -2.15. The molecule has 0 radical (unpaired) electrons. The van der Waals surface area contributed by atoms with Gasteiger partial charge in [-0.1, -0.05) is 11.6 Å². The van der Waals surface area contributed by atoms with Gasteiger partial charge in [-0.3, -0.25) is 0 Å². The fourth-order valence-corrected chi connectivity index (χ4v) is 2.20. The summed E-state index contributed by atoms with van der Waals surface area (Å²) in [6.07, 6.45) is 6.32. The van der Waals surface area contributed by atoms with Crippen molar-refractivity contribution in [1.82, 2.24) is 25.1 Å². The van der Waals surface area contributed by atoms with Crippen molar-refractivity contribution in [2.75, 3.05) is 11.9 Å². The molecule has 2 aromatic rings. The number of pyridine rings is 1. The number of hydrogen-bond donors (Lipinski definition) is 2. The van der Waals surface area contributed by atoms with Gasteiger partial charge in [-0.2, -0.15) is 0 Å². The van der Waals surface area contributed by atoms with Crippen molar-refractivity contribution < 1.29 is 4.79 Å². The van der Waals surface area contributed by atoms with E-state index >= 15 is 0 Å². The Morgan fingerprint density at radius 3 is 3.10 bits per heavy atom. The summed E-state index contributed by atoms with van der Waals surface area (Å²) in [6, 6.07) is 3.62. The number of carbonyl (C=O) groups excluding carboxylic acids is 1. The molecule has 1 aliphatic carbocycles. The van der Waals surface area contributed by atoms with Crippen molar-refractivity contribution in [1.29, 1.82) is 0 Å². The third-order valence-electron chi connectivity index (χ3n) is 3.23. The molecule has 0 saturated heterocycles. The number of hydrogen-bond acceptors (Lipinski definition) is 4. The van der Waals surface area contributed by atoms with E-state index in [9.17, 15) is 4.79 Å². The lowest BCUT2D eigenvalue weighted by atomic mass is 10.4. The van der Waals surface area contributed by atoms with Gasteiger partial charge in [0.1, 0.15) is 12.2 Å². The van der Waals surface area contributed by atoms with Crippen LogP contribution in [-0.4, -0.2) is 32.3 Å². The lowest BCUT2D eigenvalue weighted by Gasteiger charge is -2.08. The van der Waals surface area contributed by atoms with Crippen molar-refractivity contribution >= 4 is 23.3 Å². The molecule has 8 heteroatoms. The molecule has 0 bridgehead atoms. The number of rotatable bonds is 5. The van der Waals surface area contributed by atoms with Crippen LogP contribution in [0.3, 0.4) is 0 Å². The third kappa shape index (κ3) is 3.49. The first-order chi connectivity index (χ1) is 10.2. The maximum atomic E-state index is 11.8. The standard InChI is InChI=1S/C13H15ClN6O/c14-12-10(2-1-6-15-12)18-13(21)16-7-5-11-19-17-8-20(11)9-3-4-9/h1-2,6,8-9H,3-5,7H2,(H2,16,18,21). The number of urea groups is 1. The van der Waals surface area contributed by atoms with Crippen molar-refractivity contribution in [2.24, 2.45) is 0 Å². The number of nitrogens with zero attached hydrogens (tertiary/aromatic N) is 4. The molecule has 0 spiro atoms. The highest BCUT2D eigenvalue weighted by Gasteiger charge is 2.25. The van der Waals surface area contributed by atoms with Crippen LogP contribution in [0.4, 0.5) is 10.5 Å². The van der Waals surface area contributed by atoms with Crippen LogP contribution in [0, 0.1) is 0 Å². The van der Waals surface area contributed by atoms with Gasteiger partial charge in [0.05, 0.1) is 5.69 Å². The summed E-state index contributed by atoms with van der Waals surface area (Å²) in [5, 5.41) is 13.7. The van der Waals surface area contributed by atoms with E-state index in [1.165, 1.54) is 12.8 Å². The summed E-state index contributed by atoms with van der Waals surface area (Å²) in [4.78, 5) is 15.7. The predicted molar refractivity (Wildman–Crippen MR) is 78.3 cm³/mol. The molecular formula is C13H15ClN6O. The van der Waals surface area contributed by atoms with Crippen molar-refractivity contribution in [2.45, 2.75) is 25.3 Å². The summed E-state index contributed by atoms with van der Waals surface area (Å²) in [6.45, 7) is 0.481. The van der Waals surface area contributed by atoms with Gasteiger partial charge in [0.2, 0.25) is 0 Å². The summed E-state index contributed by atoms with van der Waals surface area (Å²) in [5.74, 6) is 0.900. The van der Waals surface area contributed by atoms with Crippen LogP contribution in [0.1, 0.15) is 24.7 Å². The average Bonchev–Trinajstić information content (AvgIpc) is 3.21. The van der Waals surface area contributed by atoms with Gasteiger partial charge < -0.3 is 15.2 Å². The molecule has 1 fully saturated rings. The normalized spacial score (nSPS) is 14.0. The molecule has 7 nitrogen and oxygen atoms in total. The number of carbonyl (C=O) groups is 1. The first-order valence-corrected chi connectivity index (χ1v) is 7.15. The molecule has 2 N–H and O–H groups in total. The molecule has 0 atom stereocenters. The maximum Gasteiger partial charge on any atom is 0.319 e. The Kier molecular flexibility index (Phi) is 4.01. The summed E-state index contributed by atoms with van der Waals surface area (Å²) >= 11 is 5.87. The molecule has 2 amide bonds. The fraction of sp³-hybridized carbons (Fsp3) is 0.385. The second kappa shape index (κ2) is 6.09. The molecule has 1 saturated carbocycles. The quantitative estimate of drug-likeness (QED) is 0.828. The van der Waals surface area contributed by atoms with E-state index < -0.39 is 0 Å². The molecule has 2 aromatic heterocycles. The predicted octanol–water partition coefficient (Wildman–Crippen LogP) is 2.03. The Morgan fingerprint density at radius 1 is 1.48 bits per heavy atom. The van der Waals surface area contributed by atoms with Gasteiger partial charge >= 0.3 is 6.03 Å². The molecule has 0 aromatic carbocycles. The van der Waals surface area contributed by atoms with E-state index in [1.54, 1.807) is 24.7 Å². The molecule has 21 heavy (non-hydrogen) atoms. The van der Waals surface area contributed by atoms with Crippen LogP contribution in [0.15, 0.2) is 24.7 Å². The van der Waals surface area contributed by atoms with Crippen LogP contribution < -0.4 is 10.6 Å². The van der Waals surface area contributed by atoms with Crippen LogP contribution in [-0.2, 0) is 6.42 Å². The highest BCUT2D eigenvalue weighted by molar-refractivity contribution is 6.32. The van der Waals surface area contributed by atoms with Gasteiger partial charge in [0.25, 0.3) is 0 Å². The zero-order chi connectivity index (χ0) is 14.7. The topological polar surface area (TPSA) is 84.7 Å². The summed E-state index contributed by atoms with van der Waals surface area (Å²) in [7, 11) is 0. The SMILES string of the molecule is O=C(NCCc1nncn1C1CC1)Nc1cccnc1Cl. The van der Waals surface area contributed by atoms with Gasteiger partial charge in [-0.05, 0) is 25.0 Å². The summed E-state index contributed by atoms with van der Waals surface area (Å²) < 4.78 is 2.08.